The lowest BCUT2D eigenvalue weighted by Crippen LogP contribution is -2.33. The smallest absolute Gasteiger partial charge is 0.329 e. The predicted octanol–water partition coefficient (Wildman–Crippen LogP) is 3.79. The van der Waals surface area contributed by atoms with Gasteiger partial charge in [-0.15, -0.1) is 5.10 Å². The van der Waals surface area contributed by atoms with Crippen molar-refractivity contribution in [2.75, 3.05) is 7.11 Å². The fourth-order valence-electron chi connectivity index (χ4n) is 2.76. The van der Waals surface area contributed by atoms with E-state index in [9.17, 15) is 9.90 Å². The zero-order valence-corrected chi connectivity index (χ0v) is 15.6. The van der Waals surface area contributed by atoms with Gasteiger partial charge in [0, 0.05) is 0 Å². The number of carboxylic acid groups (broad SMARTS) is 1. The van der Waals surface area contributed by atoms with E-state index < -0.39 is 17.4 Å². The molecule has 1 heterocycles. The highest BCUT2D eigenvalue weighted by Crippen LogP contribution is 2.40. The van der Waals surface area contributed by atoms with Gasteiger partial charge < -0.3 is 14.6 Å². The fraction of sp³-hybridized carbons (Fsp3) is 0.421. The lowest BCUT2D eigenvalue weighted by molar-refractivity contribution is -0.144. The zero-order valence-electron chi connectivity index (χ0n) is 15.6. The molecule has 0 saturated heterocycles. The van der Waals surface area contributed by atoms with Crippen molar-refractivity contribution in [3.8, 4) is 23.4 Å². The maximum Gasteiger partial charge on any atom is 0.329 e. The molecule has 0 aliphatic heterocycles. The van der Waals surface area contributed by atoms with Crippen molar-refractivity contribution in [1.82, 2.24) is 9.78 Å². The van der Waals surface area contributed by atoms with Crippen molar-refractivity contribution in [2.45, 2.75) is 40.2 Å². The molecule has 0 radical (unpaired) electrons. The molecule has 1 aromatic carbocycles. The molecule has 0 fully saturated rings. The molecule has 0 aliphatic rings. The SMILES string of the molecule is CCc1c(Oc2ccc(C#N)cc2)c(OC)nn1C(C(=O)O)C(C)(C)C. The van der Waals surface area contributed by atoms with Crippen molar-refractivity contribution >= 4 is 5.97 Å². The number of benzene rings is 1. The first kappa shape index (κ1) is 19.3. The Morgan fingerprint density at radius 2 is 1.96 bits per heavy atom. The number of methoxy groups -OCH3 is 1. The first-order valence-corrected chi connectivity index (χ1v) is 8.29. The molecule has 1 N–H and O–H groups in total. The topological polar surface area (TPSA) is 97.4 Å². The predicted molar refractivity (Wildman–Crippen MR) is 95.5 cm³/mol. The highest BCUT2D eigenvalue weighted by atomic mass is 16.5. The average Bonchev–Trinajstić information content (AvgIpc) is 2.90. The number of carboxylic acids is 1. The van der Waals surface area contributed by atoms with Crippen LogP contribution in [0.15, 0.2) is 24.3 Å². The molecule has 1 atom stereocenters. The summed E-state index contributed by atoms with van der Waals surface area (Å²) in [5, 5.41) is 23.0. The molecule has 1 aromatic heterocycles. The van der Waals surface area contributed by atoms with Crippen LogP contribution >= 0.6 is 0 Å². The minimum atomic E-state index is -0.970. The minimum absolute atomic E-state index is 0.224. The molecular weight excluding hydrogens is 334 g/mol. The van der Waals surface area contributed by atoms with Crippen LogP contribution in [0.2, 0.25) is 0 Å². The maximum atomic E-state index is 11.9. The Kier molecular flexibility index (Phi) is 5.56. The summed E-state index contributed by atoms with van der Waals surface area (Å²) < 4.78 is 12.7. The summed E-state index contributed by atoms with van der Waals surface area (Å²) in [5.74, 6) is 0.151. The number of hydrogen-bond acceptors (Lipinski definition) is 5. The van der Waals surface area contributed by atoms with Crippen LogP contribution in [0.3, 0.4) is 0 Å². The molecule has 2 aromatic rings. The Hall–Kier alpha value is -3.01. The second-order valence-corrected chi connectivity index (χ2v) is 6.93. The summed E-state index contributed by atoms with van der Waals surface area (Å²) in [5.41, 5.74) is 0.598. The highest BCUT2D eigenvalue weighted by molar-refractivity contribution is 5.73. The molecular formula is C19H23N3O4. The van der Waals surface area contributed by atoms with Gasteiger partial charge >= 0.3 is 5.97 Å². The first-order valence-electron chi connectivity index (χ1n) is 8.29. The Morgan fingerprint density at radius 3 is 2.38 bits per heavy atom. The third kappa shape index (κ3) is 3.80. The van der Waals surface area contributed by atoms with Crippen molar-refractivity contribution < 1.29 is 19.4 Å². The van der Waals surface area contributed by atoms with Crippen molar-refractivity contribution in [1.29, 1.82) is 5.26 Å². The van der Waals surface area contributed by atoms with Gasteiger partial charge in [0.1, 0.15) is 5.75 Å². The van der Waals surface area contributed by atoms with Gasteiger partial charge in [-0.25, -0.2) is 9.48 Å². The van der Waals surface area contributed by atoms with E-state index in [1.165, 1.54) is 11.8 Å². The number of carbonyl (C=O) groups is 1. The van der Waals surface area contributed by atoms with Gasteiger partial charge in [-0.1, -0.05) is 27.7 Å². The molecule has 138 valence electrons. The Bertz CT molecular complexity index is 826. The number of rotatable bonds is 6. The molecule has 0 spiro atoms. The molecule has 7 nitrogen and oxygen atoms in total. The average molecular weight is 357 g/mol. The van der Waals surface area contributed by atoms with Crippen LogP contribution in [-0.4, -0.2) is 28.0 Å². The van der Waals surface area contributed by atoms with Crippen molar-refractivity contribution in [3.63, 3.8) is 0 Å². The molecule has 0 amide bonds. The maximum absolute atomic E-state index is 11.9. The van der Waals surface area contributed by atoms with Gasteiger partial charge in [-0.05, 0) is 36.1 Å². The van der Waals surface area contributed by atoms with Crippen LogP contribution in [0, 0.1) is 16.7 Å². The van der Waals surface area contributed by atoms with Crippen molar-refractivity contribution in [3.05, 3.63) is 35.5 Å². The van der Waals surface area contributed by atoms with E-state index in [0.29, 0.717) is 29.2 Å². The van der Waals surface area contributed by atoms with E-state index in [4.69, 9.17) is 14.7 Å². The Balaban J connectivity index is 2.54. The summed E-state index contributed by atoms with van der Waals surface area (Å²) in [6.07, 6.45) is 0.516. The van der Waals surface area contributed by atoms with Gasteiger partial charge in [0.05, 0.1) is 24.4 Å². The highest BCUT2D eigenvalue weighted by Gasteiger charge is 2.37. The standard InChI is InChI=1S/C19H23N3O4/c1-6-14-15(26-13-9-7-12(11-20)8-10-13)17(25-5)21-22(14)16(18(23)24)19(2,3)4/h7-10,16H,6H2,1-5H3,(H,23,24). The lowest BCUT2D eigenvalue weighted by Gasteiger charge is -2.28. The molecule has 0 bridgehead atoms. The minimum Gasteiger partial charge on any atom is -0.480 e. The number of ether oxygens (including phenoxy) is 2. The van der Waals surface area contributed by atoms with E-state index in [2.05, 4.69) is 5.10 Å². The van der Waals surface area contributed by atoms with E-state index in [-0.39, 0.29) is 5.88 Å². The quantitative estimate of drug-likeness (QED) is 0.845. The van der Waals surface area contributed by atoms with Gasteiger partial charge in [-0.2, -0.15) is 5.26 Å². The van der Waals surface area contributed by atoms with Crippen LogP contribution in [-0.2, 0) is 11.2 Å². The van der Waals surface area contributed by atoms with E-state index >= 15 is 0 Å². The lowest BCUT2D eigenvalue weighted by atomic mass is 9.86. The third-order valence-corrected chi connectivity index (χ3v) is 3.96. The third-order valence-electron chi connectivity index (χ3n) is 3.96. The van der Waals surface area contributed by atoms with Gasteiger partial charge in [0.2, 0.25) is 5.75 Å². The first-order chi connectivity index (χ1) is 12.2. The van der Waals surface area contributed by atoms with Gasteiger partial charge in [0.25, 0.3) is 5.88 Å². The number of nitrogens with zero attached hydrogens (tertiary/aromatic N) is 3. The van der Waals surface area contributed by atoms with Gasteiger partial charge in [-0.3, -0.25) is 0 Å². The van der Waals surface area contributed by atoms with Crippen LogP contribution in [0.25, 0.3) is 0 Å². The molecule has 0 aliphatic carbocycles. The molecule has 26 heavy (non-hydrogen) atoms. The normalized spacial score (nSPS) is 12.3. The van der Waals surface area contributed by atoms with Gasteiger partial charge in [0.15, 0.2) is 6.04 Å². The molecule has 2 rings (SSSR count). The van der Waals surface area contributed by atoms with Crippen LogP contribution in [0.5, 0.6) is 17.4 Å². The molecule has 0 saturated carbocycles. The summed E-state index contributed by atoms with van der Waals surface area (Å²) in [6, 6.07) is 7.82. The fourth-order valence-corrected chi connectivity index (χ4v) is 2.76. The summed E-state index contributed by atoms with van der Waals surface area (Å²) in [6.45, 7) is 7.45. The van der Waals surface area contributed by atoms with E-state index in [1.54, 1.807) is 24.3 Å². The summed E-state index contributed by atoms with van der Waals surface area (Å²) >= 11 is 0. The van der Waals surface area contributed by atoms with Crippen molar-refractivity contribution in [2.24, 2.45) is 5.41 Å². The monoisotopic (exact) mass is 357 g/mol. The summed E-state index contributed by atoms with van der Waals surface area (Å²) in [4.78, 5) is 11.9. The molecule has 7 heteroatoms. The Labute approximate surface area is 152 Å². The largest absolute Gasteiger partial charge is 0.480 e. The zero-order chi connectivity index (χ0) is 19.5. The number of aliphatic carboxylic acids is 1. The van der Waals surface area contributed by atoms with Crippen LogP contribution < -0.4 is 9.47 Å². The Morgan fingerprint density at radius 1 is 1.35 bits per heavy atom. The summed E-state index contributed by atoms with van der Waals surface area (Å²) in [7, 11) is 1.46. The molecule has 1 unspecified atom stereocenters. The second kappa shape index (κ2) is 7.48. The number of aromatic nitrogens is 2. The van der Waals surface area contributed by atoms with E-state index in [0.717, 1.165) is 0 Å². The number of hydrogen-bond donors (Lipinski definition) is 1. The van der Waals surface area contributed by atoms with E-state index in [1.807, 2.05) is 33.8 Å². The van der Waals surface area contributed by atoms with Crippen LogP contribution in [0.1, 0.15) is 45.0 Å². The van der Waals surface area contributed by atoms with Crippen LogP contribution in [0.4, 0.5) is 0 Å². The number of nitriles is 1. The second-order valence-electron chi connectivity index (χ2n) is 6.93.